The molecule has 0 spiro atoms. The first-order valence-corrected chi connectivity index (χ1v) is 2.93. The number of nitrogens with zero attached hydrogens (tertiary/aromatic N) is 4. The molecule has 1 heterocycles. The van der Waals surface area contributed by atoms with E-state index < -0.39 is 10.9 Å². The van der Waals surface area contributed by atoms with Crippen LogP contribution < -0.4 is 0 Å². The molecule has 0 bridgehead atoms. The second-order valence-corrected chi connectivity index (χ2v) is 1.99. The van der Waals surface area contributed by atoms with Gasteiger partial charge in [0.15, 0.2) is 0 Å². The van der Waals surface area contributed by atoms with Crippen molar-refractivity contribution in [1.29, 1.82) is 0 Å². The Morgan fingerprint density at radius 3 is 2.00 bits per heavy atom. The summed E-state index contributed by atoms with van der Waals surface area (Å²) in [7, 11) is 0. The minimum atomic E-state index is -0.637. The highest BCUT2D eigenvalue weighted by Crippen LogP contribution is 2.01. The zero-order chi connectivity index (χ0) is 8.43. The number of rotatable bonds is 1. The molecule has 11 heavy (non-hydrogen) atoms. The Labute approximate surface area is 62.5 Å². The lowest BCUT2D eigenvalue weighted by Crippen LogP contribution is -2.01. The van der Waals surface area contributed by atoms with Crippen molar-refractivity contribution >= 4 is 5.95 Å². The van der Waals surface area contributed by atoms with Crippen LogP contribution in [0.25, 0.3) is 0 Å². The summed E-state index contributed by atoms with van der Waals surface area (Å²) in [6.07, 6.45) is 0. The summed E-state index contributed by atoms with van der Waals surface area (Å²) in [5.41, 5.74) is 0. The Morgan fingerprint density at radius 2 is 1.64 bits per heavy atom. The molecule has 0 atom stereocenters. The molecule has 0 fully saturated rings. The minimum Gasteiger partial charge on any atom is -0.390 e. The molecule has 0 amide bonds. The molecule has 0 N–H and O–H groups in total. The predicted molar refractivity (Wildman–Crippen MR) is 36.0 cm³/mol. The smallest absolute Gasteiger partial charge is 0.390 e. The third-order valence-electron chi connectivity index (χ3n) is 1.01. The molecule has 6 nitrogen and oxygen atoms in total. The molecule has 0 aliphatic carbocycles. The number of aryl methyl sites for hydroxylation is 2. The zero-order valence-electron chi connectivity index (χ0n) is 6.11. The normalized spacial score (nSPS) is 9.64. The average Bonchev–Trinajstić information content (AvgIpc) is 1.85. The second kappa shape index (κ2) is 2.57. The fraction of sp³-hybridized carbons (Fsp3) is 0.400. The molecular formula is C5H6N4O2. The van der Waals surface area contributed by atoms with E-state index in [9.17, 15) is 10.1 Å². The van der Waals surface area contributed by atoms with Gasteiger partial charge in [0.2, 0.25) is 11.6 Å². The molecule has 6 heteroatoms. The summed E-state index contributed by atoms with van der Waals surface area (Å²) in [6, 6.07) is 0. The summed E-state index contributed by atoms with van der Waals surface area (Å²) in [6.45, 7) is 3.17. The second-order valence-electron chi connectivity index (χ2n) is 1.99. The van der Waals surface area contributed by atoms with Gasteiger partial charge in [0.25, 0.3) is 0 Å². The van der Waals surface area contributed by atoms with Crippen LogP contribution in [0.3, 0.4) is 0 Å². The van der Waals surface area contributed by atoms with Crippen molar-refractivity contribution in [3.8, 4) is 0 Å². The number of aromatic nitrogens is 3. The Bertz CT molecular complexity index is 278. The van der Waals surface area contributed by atoms with E-state index in [0.29, 0.717) is 11.6 Å². The lowest BCUT2D eigenvalue weighted by molar-refractivity contribution is -0.394. The van der Waals surface area contributed by atoms with Gasteiger partial charge in [0.1, 0.15) is 0 Å². The van der Waals surface area contributed by atoms with E-state index in [4.69, 9.17) is 0 Å². The third-order valence-corrected chi connectivity index (χ3v) is 1.01. The van der Waals surface area contributed by atoms with Crippen LogP contribution in [0.15, 0.2) is 0 Å². The summed E-state index contributed by atoms with van der Waals surface area (Å²) in [4.78, 5) is 20.3. The monoisotopic (exact) mass is 154 g/mol. The van der Waals surface area contributed by atoms with Crippen molar-refractivity contribution in [2.24, 2.45) is 0 Å². The van der Waals surface area contributed by atoms with Crippen molar-refractivity contribution in [3.63, 3.8) is 0 Å². The Kier molecular flexibility index (Phi) is 1.75. The molecule has 0 saturated heterocycles. The van der Waals surface area contributed by atoms with E-state index >= 15 is 0 Å². The highest BCUT2D eigenvalue weighted by Gasteiger charge is 2.11. The fourth-order valence-electron chi connectivity index (χ4n) is 0.680. The van der Waals surface area contributed by atoms with E-state index in [1.165, 1.54) is 0 Å². The molecule has 0 aliphatic heterocycles. The first-order chi connectivity index (χ1) is 5.09. The number of hydrogen-bond acceptors (Lipinski definition) is 5. The van der Waals surface area contributed by atoms with Crippen molar-refractivity contribution in [3.05, 3.63) is 21.8 Å². The van der Waals surface area contributed by atoms with Crippen LogP contribution in [0.5, 0.6) is 0 Å². The van der Waals surface area contributed by atoms with Crippen LogP contribution in [-0.2, 0) is 0 Å². The van der Waals surface area contributed by atoms with Crippen LogP contribution in [0.4, 0.5) is 5.95 Å². The number of nitro groups is 1. The van der Waals surface area contributed by atoms with E-state index in [1.807, 2.05) is 0 Å². The zero-order valence-corrected chi connectivity index (χ0v) is 6.11. The maximum absolute atomic E-state index is 10.2. The number of hydrogen-bond donors (Lipinski definition) is 0. The van der Waals surface area contributed by atoms with Gasteiger partial charge in [-0.05, 0) is 4.92 Å². The van der Waals surface area contributed by atoms with Crippen molar-refractivity contribution in [2.75, 3.05) is 0 Å². The third kappa shape index (κ3) is 1.66. The predicted octanol–water partition coefficient (Wildman–Crippen LogP) is 0.397. The van der Waals surface area contributed by atoms with Crippen LogP contribution >= 0.6 is 0 Å². The highest BCUT2D eigenvalue weighted by molar-refractivity contribution is 5.05. The maximum atomic E-state index is 10.2. The fourth-order valence-corrected chi connectivity index (χ4v) is 0.680. The molecule has 1 aromatic heterocycles. The van der Waals surface area contributed by atoms with Gasteiger partial charge in [-0.3, -0.25) is 0 Å². The molecule has 0 aliphatic rings. The lowest BCUT2D eigenvalue weighted by atomic mass is 10.6. The standard InChI is InChI=1S/C5H6N4O2/c1-3-6-4(2)8-5(7-3)9(10)11/h1-2H3. The Morgan fingerprint density at radius 1 is 1.18 bits per heavy atom. The van der Waals surface area contributed by atoms with Gasteiger partial charge in [-0.25, -0.2) is 0 Å². The quantitative estimate of drug-likeness (QED) is 0.431. The van der Waals surface area contributed by atoms with Gasteiger partial charge in [-0.2, -0.15) is 4.98 Å². The Hall–Kier alpha value is -1.59. The SMILES string of the molecule is Cc1nc(C)nc([N+](=O)[O-])n1. The van der Waals surface area contributed by atoms with Gasteiger partial charge in [0, 0.05) is 13.8 Å². The first-order valence-electron chi connectivity index (χ1n) is 2.93. The van der Waals surface area contributed by atoms with Crippen LogP contribution in [0, 0.1) is 24.0 Å². The molecule has 58 valence electrons. The highest BCUT2D eigenvalue weighted by atomic mass is 16.6. The van der Waals surface area contributed by atoms with E-state index in [0.717, 1.165) is 0 Å². The van der Waals surface area contributed by atoms with Crippen LogP contribution in [-0.4, -0.2) is 19.9 Å². The maximum Gasteiger partial charge on any atom is 0.472 e. The Balaban J connectivity index is 3.19. The molecular weight excluding hydrogens is 148 g/mol. The average molecular weight is 154 g/mol. The van der Waals surface area contributed by atoms with Crippen molar-refractivity contribution in [1.82, 2.24) is 15.0 Å². The van der Waals surface area contributed by atoms with Crippen molar-refractivity contribution in [2.45, 2.75) is 13.8 Å². The van der Waals surface area contributed by atoms with Crippen LogP contribution in [0.2, 0.25) is 0 Å². The summed E-state index contributed by atoms with van der Waals surface area (Å²) in [5, 5.41) is 10.2. The summed E-state index contributed by atoms with van der Waals surface area (Å²) in [5.74, 6) is 0.336. The van der Waals surface area contributed by atoms with E-state index in [-0.39, 0.29) is 0 Å². The van der Waals surface area contributed by atoms with Gasteiger partial charge >= 0.3 is 5.95 Å². The molecule has 1 rings (SSSR count). The molecule has 0 unspecified atom stereocenters. The van der Waals surface area contributed by atoms with Gasteiger partial charge in [-0.15, -0.1) is 0 Å². The van der Waals surface area contributed by atoms with Gasteiger partial charge in [0.05, 0.1) is 0 Å². The minimum absolute atomic E-state index is 0.365. The molecule has 0 radical (unpaired) electrons. The lowest BCUT2D eigenvalue weighted by Gasteiger charge is -1.91. The summed E-state index contributed by atoms with van der Waals surface area (Å²) >= 11 is 0. The largest absolute Gasteiger partial charge is 0.472 e. The molecule has 1 aromatic rings. The first kappa shape index (κ1) is 7.52. The van der Waals surface area contributed by atoms with Gasteiger partial charge in [-0.1, -0.05) is 9.97 Å². The van der Waals surface area contributed by atoms with Crippen LogP contribution in [0.1, 0.15) is 11.6 Å². The molecule has 0 aromatic carbocycles. The van der Waals surface area contributed by atoms with E-state index in [2.05, 4.69) is 15.0 Å². The van der Waals surface area contributed by atoms with E-state index in [1.54, 1.807) is 13.8 Å². The van der Waals surface area contributed by atoms with Crippen molar-refractivity contribution < 1.29 is 4.92 Å². The topological polar surface area (TPSA) is 81.8 Å². The molecule has 0 saturated carbocycles. The summed E-state index contributed by atoms with van der Waals surface area (Å²) < 4.78 is 0. The van der Waals surface area contributed by atoms with Gasteiger partial charge < -0.3 is 10.1 Å².